The van der Waals surface area contributed by atoms with Gasteiger partial charge in [0, 0.05) is 19.4 Å². The van der Waals surface area contributed by atoms with E-state index in [1.165, 1.54) is 33.1 Å². The molecule has 15 heteroatoms. The lowest BCUT2D eigenvalue weighted by atomic mass is 10.1. The average Bonchev–Trinajstić information content (AvgIpc) is 3.49. The van der Waals surface area contributed by atoms with Crippen molar-refractivity contribution in [3.8, 4) is 5.75 Å². The Bertz CT molecular complexity index is 1440. The number of rotatable bonds is 10. The summed E-state index contributed by atoms with van der Waals surface area (Å²) in [6.07, 6.45) is -2.37. The van der Waals surface area contributed by atoms with Crippen molar-refractivity contribution in [3.63, 3.8) is 0 Å². The second-order valence-electron chi connectivity index (χ2n) is 10.4. The van der Waals surface area contributed by atoms with Crippen LogP contribution in [-0.2, 0) is 35.3 Å². The Balaban J connectivity index is 1.44. The Morgan fingerprint density at radius 3 is 2.55 bits per heavy atom. The van der Waals surface area contributed by atoms with Crippen molar-refractivity contribution in [1.82, 2.24) is 15.5 Å². The normalized spacial score (nSPS) is 21.3. The van der Waals surface area contributed by atoms with E-state index < -0.39 is 72.9 Å². The molecule has 4 rings (SSSR count). The number of methoxy groups -OCH3 is 1. The quantitative estimate of drug-likeness (QED) is 0.337. The van der Waals surface area contributed by atoms with Gasteiger partial charge in [-0.3, -0.25) is 24.0 Å². The summed E-state index contributed by atoms with van der Waals surface area (Å²) in [7, 11) is 1.28. The second kappa shape index (κ2) is 13.6. The number of anilines is 1. The zero-order valence-electron chi connectivity index (χ0n) is 24.0. The predicted octanol–water partition coefficient (Wildman–Crippen LogP) is 2.64. The molecule has 12 nitrogen and oxygen atoms in total. The van der Waals surface area contributed by atoms with Crippen LogP contribution in [0, 0.1) is 0 Å². The Morgan fingerprint density at radius 1 is 1.18 bits per heavy atom. The first-order chi connectivity index (χ1) is 20.8. The van der Waals surface area contributed by atoms with Crippen molar-refractivity contribution in [3.05, 3.63) is 58.6 Å². The lowest BCUT2D eigenvalue weighted by Crippen LogP contribution is -2.54. The molecule has 2 saturated heterocycles. The lowest BCUT2D eigenvalue weighted by Gasteiger charge is -2.28. The van der Waals surface area contributed by atoms with E-state index in [-0.39, 0.29) is 35.1 Å². The van der Waals surface area contributed by atoms with Gasteiger partial charge in [-0.15, -0.1) is 0 Å². The van der Waals surface area contributed by atoms with Crippen molar-refractivity contribution >= 4 is 46.9 Å². The number of nitrogens with one attached hydrogen (secondary N) is 3. The van der Waals surface area contributed by atoms with E-state index in [0.29, 0.717) is 4.90 Å². The molecule has 2 aliphatic rings. The van der Waals surface area contributed by atoms with Gasteiger partial charge in [0.1, 0.15) is 23.9 Å². The molecule has 0 spiro atoms. The summed E-state index contributed by atoms with van der Waals surface area (Å²) in [5.41, 5.74) is 0.888. The summed E-state index contributed by atoms with van der Waals surface area (Å²) in [6.45, 7) is 1.56. The third-order valence-electron chi connectivity index (χ3n) is 6.97. The van der Waals surface area contributed by atoms with Gasteiger partial charge in [0.15, 0.2) is 0 Å². The number of cyclic esters (lactones) is 1. The fourth-order valence-corrected chi connectivity index (χ4v) is 5.10. The fraction of sp³-hybridized carbons (Fsp3) is 0.414. The maximum absolute atomic E-state index is 14.6. The van der Waals surface area contributed by atoms with Gasteiger partial charge in [-0.05, 0) is 18.6 Å². The lowest BCUT2D eigenvalue weighted by molar-refractivity contribution is -0.168. The minimum absolute atomic E-state index is 0.0153. The van der Waals surface area contributed by atoms with Crippen molar-refractivity contribution in [2.24, 2.45) is 0 Å². The molecule has 3 N–H and O–H groups in total. The topological polar surface area (TPSA) is 152 Å². The standard InChI is InChI=1S/C29H31ClF2N4O8/c1-15(33-25(39)18-9-19(30)20(34-16(2)37)10-23(18)42-3)27(41)36-14-29(31,32)12-22(36)26(40)35-21-11-24(38)44-28(21)43-13-17-7-5-4-6-8-17/h4-10,15,21-22,28H,11-14H2,1-3H3,(H,33,39)(H,34,37)(H,35,40)/t15-,21?,22-,28?/m0/s1. The highest BCUT2D eigenvalue weighted by atomic mass is 35.5. The molecule has 0 radical (unpaired) electrons. The van der Waals surface area contributed by atoms with E-state index in [4.69, 9.17) is 25.8 Å². The maximum Gasteiger partial charge on any atom is 0.310 e. The number of likely N-dealkylation sites (tertiary alicyclic amines) is 1. The summed E-state index contributed by atoms with van der Waals surface area (Å²) in [4.78, 5) is 63.7. The number of benzene rings is 2. The number of alkyl halides is 2. The molecule has 2 unspecified atom stereocenters. The van der Waals surface area contributed by atoms with Crippen LogP contribution in [0.1, 0.15) is 42.6 Å². The highest BCUT2D eigenvalue weighted by molar-refractivity contribution is 6.34. The Kier molecular flexibility index (Phi) is 10.0. The van der Waals surface area contributed by atoms with Crippen LogP contribution in [-0.4, -0.2) is 78.5 Å². The number of hydrogen-bond donors (Lipinski definition) is 3. The third-order valence-corrected chi connectivity index (χ3v) is 7.28. The number of hydrogen-bond acceptors (Lipinski definition) is 8. The molecule has 0 aromatic heterocycles. The number of amides is 4. The van der Waals surface area contributed by atoms with Gasteiger partial charge >= 0.3 is 5.97 Å². The van der Waals surface area contributed by atoms with E-state index in [1.54, 1.807) is 24.3 Å². The molecule has 2 heterocycles. The third kappa shape index (κ3) is 7.80. The molecule has 2 aromatic rings. The van der Waals surface area contributed by atoms with Gasteiger partial charge < -0.3 is 35.1 Å². The van der Waals surface area contributed by atoms with E-state index in [9.17, 15) is 32.8 Å². The number of carbonyl (C=O) groups is 5. The van der Waals surface area contributed by atoms with Crippen LogP contribution in [0.3, 0.4) is 0 Å². The van der Waals surface area contributed by atoms with Gasteiger partial charge in [0.2, 0.25) is 24.0 Å². The molecule has 2 aromatic carbocycles. The molecular weight excluding hydrogens is 606 g/mol. The molecule has 4 atom stereocenters. The molecule has 4 amide bonds. The van der Waals surface area contributed by atoms with Crippen LogP contribution in [0.2, 0.25) is 5.02 Å². The minimum atomic E-state index is -3.39. The van der Waals surface area contributed by atoms with Crippen molar-refractivity contribution in [2.45, 2.75) is 63.6 Å². The van der Waals surface area contributed by atoms with Gasteiger partial charge in [-0.25, -0.2) is 8.78 Å². The highest BCUT2D eigenvalue weighted by Crippen LogP contribution is 2.34. The first kappa shape index (κ1) is 32.6. The molecule has 44 heavy (non-hydrogen) atoms. The monoisotopic (exact) mass is 636 g/mol. The number of ether oxygens (including phenoxy) is 3. The molecule has 0 aliphatic carbocycles. The van der Waals surface area contributed by atoms with Crippen molar-refractivity contribution < 1.29 is 47.0 Å². The number of carbonyl (C=O) groups excluding carboxylic acids is 5. The van der Waals surface area contributed by atoms with Crippen LogP contribution < -0.4 is 20.7 Å². The number of esters is 1. The summed E-state index contributed by atoms with van der Waals surface area (Å²) in [5, 5.41) is 7.45. The van der Waals surface area contributed by atoms with Crippen LogP contribution in [0.4, 0.5) is 14.5 Å². The van der Waals surface area contributed by atoms with Crippen molar-refractivity contribution in [2.75, 3.05) is 19.0 Å². The zero-order valence-corrected chi connectivity index (χ0v) is 24.8. The summed E-state index contributed by atoms with van der Waals surface area (Å²) >= 11 is 6.18. The van der Waals surface area contributed by atoms with E-state index in [2.05, 4.69) is 16.0 Å². The van der Waals surface area contributed by atoms with Crippen LogP contribution in [0.15, 0.2) is 42.5 Å². The summed E-state index contributed by atoms with van der Waals surface area (Å²) < 4.78 is 45.2. The predicted molar refractivity (Wildman–Crippen MR) is 152 cm³/mol. The zero-order chi connectivity index (χ0) is 32.2. The van der Waals surface area contributed by atoms with E-state index in [0.717, 1.165) is 5.56 Å². The molecule has 2 fully saturated rings. The van der Waals surface area contributed by atoms with Crippen LogP contribution in [0.5, 0.6) is 5.75 Å². The molecule has 0 saturated carbocycles. The van der Waals surface area contributed by atoms with Gasteiger partial charge in [0.25, 0.3) is 11.8 Å². The van der Waals surface area contributed by atoms with Crippen molar-refractivity contribution in [1.29, 1.82) is 0 Å². The van der Waals surface area contributed by atoms with Crippen LogP contribution in [0.25, 0.3) is 0 Å². The molecule has 2 aliphatic heterocycles. The first-order valence-electron chi connectivity index (χ1n) is 13.6. The molecule has 236 valence electrons. The van der Waals surface area contributed by atoms with Gasteiger partial charge in [-0.1, -0.05) is 41.9 Å². The number of nitrogens with zero attached hydrogens (tertiary/aromatic N) is 1. The highest BCUT2D eigenvalue weighted by Gasteiger charge is 2.51. The molecular formula is C29H31ClF2N4O8. The smallest absolute Gasteiger partial charge is 0.310 e. The van der Waals surface area contributed by atoms with Crippen LogP contribution >= 0.6 is 11.6 Å². The largest absolute Gasteiger partial charge is 0.496 e. The number of halogens is 3. The first-order valence-corrected chi connectivity index (χ1v) is 14.0. The summed E-state index contributed by atoms with van der Waals surface area (Å²) in [6, 6.07) is 7.62. The Labute approximate surface area is 256 Å². The Morgan fingerprint density at radius 2 is 1.89 bits per heavy atom. The van der Waals surface area contributed by atoms with E-state index >= 15 is 0 Å². The maximum atomic E-state index is 14.6. The van der Waals surface area contributed by atoms with E-state index in [1.807, 2.05) is 6.07 Å². The minimum Gasteiger partial charge on any atom is -0.496 e. The van der Waals surface area contributed by atoms with Gasteiger partial charge in [0.05, 0.1) is 43.0 Å². The SMILES string of the molecule is COc1cc(NC(C)=O)c(Cl)cc1C(=O)N[C@@H](C)C(=O)N1CC(F)(F)C[C@H]1C(=O)NC1CC(=O)OC1OCc1ccccc1. The Hall–Kier alpha value is -4.30. The fourth-order valence-electron chi connectivity index (χ4n) is 4.89. The van der Waals surface area contributed by atoms with Gasteiger partial charge in [-0.2, -0.15) is 0 Å². The summed E-state index contributed by atoms with van der Waals surface area (Å²) in [5.74, 6) is -7.09. The average molecular weight is 637 g/mol. The molecule has 0 bridgehead atoms. The second-order valence-corrected chi connectivity index (χ2v) is 10.8.